The van der Waals surface area contributed by atoms with Crippen molar-refractivity contribution >= 4 is 32.9 Å². The quantitative estimate of drug-likeness (QED) is 0.337. The highest BCUT2D eigenvalue weighted by molar-refractivity contribution is 9.10. The van der Waals surface area contributed by atoms with E-state index in [1.807, 2.05) is 0 Å². The van der Waals surface area contributed by atoms with Crippen LogP contribution in [0.4, 0.5) is 11.4 Å². The largest absolute Gasteiger partial charge is 0.322 e. The van der Waals surface area contributed by atoms with Crippen LogP contribution in [0, 0.1) is 0 Å². The molecule has 4 rings (SSSR count). The summed E-state index contributed by atoms with van der Waals surface area (Å²) in [5.41, 5.74) is 4.85. The Morgan fingerprint density at radius 2 is 1.19 bits per heavy atom. The first-order valence-corrected chi connectivity index (χ1v) is 9.60. The Bertz CT molecular complexity index is 877. The van der Waals surface area contributed by atoms with E-state index in [-0.39, 0.29) is 4.45 Å². The molecule has 0 fully saturated rings. The van der Waals surface area contributed by atoms with E-state index < -0.39 is 0 Å². The minimum absolute atomic E-state index is 0.298. The first-order valence-electron chi connectivity index (χ1n) is 8.80. The first kappa shape index (κ1) is 16.9. The smallest absolute Gasteiger partial charge is 0.122 e. The first-order chi connectivity index (χ1) is 12.8. The third-order valence-electron chi connectivity index (χ3n) is 4.63. The van der Waals surface area contributed by atoms with E-state index in [0.29, 0.717) is 0 Å². The molecule has 1 aliphatic carbocycles. The van der Waals surface area contributed by atoms with Crippen LogP contribution in [0.25, 0.3) is 5.57 Å². The van der Waals surface area contributed by atoms with Gasteiger partial charge in [-0.15, -0.1) is 0 Å². The van der Waals surface area contributed by atoms with Crippen molar-refractivity contribution in [1.29, 1.82) is 0 Å². The second-order valence-corrected chi connectivity index (χ2v) is 7.76. The van der Waals surface area contributed by atoms with E-state index in [1.165, 1.54) is 11.1 Å². The van der Waals surface area contributed by atoms with Gasteiger partial charge in [-0.1, -0.05) is 94.8 Å². The molecule has 3 aromatic carbocycles. The van der Waals surface area contributed by atoms with E-state index in [0.717, 1.165) is 17.8 Å². The highest BCUT2D eigenvalue weighted by Crippen LogP contribution is 2.43. The van der Waals surface area contributed by atoms with Crippen molar-refractivity contribution in [3.63, 3.8) is 0 Å². The second-order valence-electron chi connectivity index (χ2n) is 6.39. The number of hydrogen-bond donors (Lipinski definition) is 0. The summed E-state index contributed by atoms with van der Waals surface area (Å²) in [7, 11) is 0. The predicted molar refractivity (Wildman–Crippen MR) is 115 cm³/mol. The molecule has 0 bridgehead atoms. The van der Waals surface area contributed by atoms with E-state index in [9.17, 15) is 0 Å². The van der Waals surface area contributed by atoms with Crippen molar-refractivity contribution in [2.24, 2.45) is 0 Å². The molecular weight excluding hydrogens is 382 g/mol. The van der Waals surface area contributed by atoms with Crippen LogP contribution in [0.3, 0.4) is 0 Å². The molecular formula is C24H20BrN. The molecule has 0 saturated heterocycles. The minimum Gasteiger partial charge on any atom is -0.322 e. The molecule has 0 aromatic heterocycles. The molecule has 0 N–H and O–H groups in total. The topological polar surface area (TPSA) is 3.24 Å². The average Bonchev–Trinajstić information content (AvgIpc) is 2.71. The van der Waals surface area contributed by atoms with Gasteiger partial charge in [0, 0.05) is 17.8 Å². The number of allylic oxidation sites excluding steroid dienone is 2. The van der Waals surface area contributed by atoms with Gasteiger partial charge in [0.05, 0.1) is 0 Å². The van der Waals surface area contributed by atoms with Gasteiger partial charge in [-0.05, 0) is 41.5 Å². The number of alkyl halides is 1. The van der Waals surface area contributed by atoms with Crippen molar-refractivity contribution in [2.75, 3.05) is 4.90 Å². The molecule has 0 aliphatic heterocycles. The Labute approximate surface area is 163 Å². The van der Waals surface area contributed by atoms with E-state index >= 15 is 0 Å². The van der Waals surface area contributed by atoms with Crippen LogP contribution in [0.15, 0.2) is 109 Å². The Kier molecular flexibility index (Phi) is 4.77. The summed E-state index contributed by atoms with van der Waals surface area (Å²) in [6.07, 6.45) is 7.66. The molecule has 0 spiro atoms. The standard InChI is InChI=1S/C24H20BrN/c25-24(18-16-21(17-19-24)20-10-4-1-5-11-20)26(22-12-6-2-7-13-22)23-14-8-3-9-15-23/h1-18H,19H2. The predicted octanol–water partition coefficient (Wildman–Crippen LogP) is 6.96. The third kappa shape index (κ3) is 3.38. The van der Waals surface area contributed by atoms with E-state index in [4.69, 9.17) is 0 Å². The maximum absolute atomic E-state index is 4.03. The fourth-order valence-corrected chi connectivity index (χ4v) is 4.05. The van der Waals surface area contributed by atoms with Gasteiger partial charge >= 0.3 is 0 Å². The lowest BCUT2D eigenvalue weighted by Crippen LogP contribution is -2.39. The van der Waals surface area contributed by atoms with Crippen LogP contribution in [0.1, 0.15) is 12.0 Å². The number of nitrogens with zero attached hydrogens (tertiary/aromatic N) is 1. The van der Waals surface area contributed by atoms with Crippen LogP contribution in [-0.4, -0.2) is 4.45 Å². The molecule has 1 nitrogen and oxygen atoms in total. The number of benzene rings is 3. The zero-order valence-corrected chi connectivity index (χ0v) is 16.0. The number of anilines is 2. The van der Waals surface area contributed by atoms with Crippen molar-refractivity contribution in [3.8, 4) is 0 Å². The zero-order valence-electron chi connectivity index (χ0n) is 14.4. The molecule has 0 heterocycles. The van der Waals surface area contributed by atoms with Crippen molar-refractivity contribution in [1.82, 2.24) is 0 Å². The average molecular weight is 402 g/mol. The summed E-state index contributed by atoms with van der Waals surface area (Å²) >= 11 is 4.03. The summed E-state index contributed by atoms with van der Waals surface area (Å²) in [5.74, 6) is 0. The summed E-state index contributed by atoms with van der Waals surface area (Å²) in [5, 5.41) is 0. The highest BCUT2D eigenvalue weighted by Gasteiger charge is 2.33. The fourth-order valence-electron chi connectivity index (χ4n) is 3.35. The summed E-state index contributed by atoms with van der Waals surface area (Å²) in [4.78, 5) is 2.35. The zero-order chi connectivity index (χ0) is 17.8. The van der Waals surface area contributed by atoms with Gasteiger partial charge in [0.15, 0.2) is 0 Å². The van der Waals surface area contributed by atoms with Gasteiger partial charge in [0.2, 0.25) is 0 Å². The lowest BCUT2D eigenvalue weighted by Gasteiger charge is -2.40. The van der Waals surface area contributed by atoms with Crippen LogP contribution in [-0.2, 0) is 0 Å². The molecule has 2 heteroatoms. The molecule has 0 radical (unpaired) electrons. The molecule has 3 aromatic rings. The van der Waals surface area contributed by atoms with Gasteiger partial charge in [-0.3, -0.25) is 0 Å². The van der Waals surface area contributed by atoms with Gasteiger partial charge in [0.1, 0.15) is 4.45 Å². The normalized spacial score (nSPS) is 19.0. The summed E-state index contributed by atoms with van der Waals surface area (Å²) in [6.45, 7) is 0. The number of rotatable bonds is 4. The number of hydrogen-bond acceptors (Lipinski definition) is 1. The molecule has 0 amide bonds. The molecule has 0 saturated carbocycles. The summed E-state index contributed by atoms with van der Waals surface area (Å²) < 4.78 is -0.298. The van der Waals surface area contributed by atoms with Gasteiger partial charge in [-0.2, -0.15) is 0 Å². The Morgan fingerprint density at radius 3 is 1.65 bits per heavy atom. The van der Waals surface area contributed by atoms with Crippen molar-refractivity contribution in [3.05, 3.63) is 115 Å². The Morgan fingerprint density at radius 1 is 0.692 bits per heavy atom. The van der Waals surface area contributed by atoms with E-state index in [2.05, 4.69) is 130 Å². The number of para-hydroxylation sites is 2. The van der Waals surface area contributed by atoms with Crippen LogP contribution < -0.4 is 4.90 Å². The van der Waals surface area contributed by atoms with Gasteiger partial charge < -0.3 is 4.90 Å². The van der Waals surface area contributed by atoms with Crippen LogP contribution in [0.5, 0.6) is 0 Å². The lowest BCUT2D eigenvalue weighted by molar-refractivity contribution is 0.741. The maximum Gasteiger partial charge on any atom is 0.122 e. The molecule has 1 aliphatic rings. The lowest BCUT2D eigenvalue weighted by atomic mass is 9.95. The Balaban J connectivity index is 1.71. The third-order valence-corrected chi connectivity index (χ3v) is 5.58. The van der Waals surface area contributed by atoms with E-state index in [1.54, 1.807) is 0 Å². The molecule has 128 valence electrons. The van der Waals surface area contributed by atoms with Crippen LogP contribution in [0.2, 0.25) is 0 Å². The SMILES string of the molecule is BrC1(N(c2ccccc2)c2ccccc2)C=CC(c2ccccc2)=CC1. The van der Waals surface area contributed by atoms with Gasteiger partial charge in [-0.25, -0.2) is 0 Å². The maximum atomic E-state index is 4.03. The molecule has 1 unspecified atom stereocenters. The monoisotopic (exact) mass is 401 g/mol. The number of halogens is 1. The van der Waals surface area contributed by atoms with Crippen molar-refractivity contribution in [2.45, 2.75) is 10.9 Å². The summed E-state index contributed by atoms with van der Waals surface area (Å²) in [6, 6.07) is 31.6. The molecule has 1 atom stereocenters. The van der Waals surface area contributed by atoms with Gasteiger partial charge in [0.25, 0.3) is 0 Å². The van der Waals surface area contributed by atoms with Crippen LogP contribution >= 0.6 is 15.9 Å². The highest BCUT2D eigenvalue weighted by atomic mass is 79.9. The fraction of sp³-hybridized carbons (Fsp3) is 0.0833. The molecule has 26 heavy (non-hydrogen) atoms. The van der Waals surface area contributed by atoms with Crippen molar-refractivity contribution < 1.29 is 0 Å². The Hall–Kier alpha value is -2.58. The second kappa shape index (κ2) is 7.35. The minimum atomic E-state index is -0.298.